The summed E-state index contributed by atoms with van der Waals surface area (Å²) >= 11 is 0. The molecule has 3 saturated heterocycles. The first-order chi connectivity index (χ1) is 42.4. The molecule has 3 heterocycles. The van der Waals surface area contributed by atoms with Crippen molar-refractivity contribution in [3.8, 4) is 17.2 Å². The average Bonchev–Trinajstić information content (AvgIpc) is 0.811. The Labute approximate surface area is 508 Å². The number of hydrogen-bond donors (Lipinski definition) is 0. The molecule has 6 atom stereocenters. The molecule has 3 aliphatic heterocycles. The Morgan fingerprint density at radius 1 is 0.344 bits per heavy atom. The van der Waals surface area contributed by atoms with Gasteiger partial charge in [0.25, 0.3) is 0 Å². The molecule has 6 unspecified atom stereocenters. The quantitative estimate of drug-likeness (QED) is 0.0800. The van der Waals surface area contributed by atoms with E-state index in [0.717, 1.165) is 115 Å². The van der Waals surface area contributed by atoms with Crippen molar-refractivity contribution in [1.29, 1.82) is 0 Å². The van der Waals surface area contributed by atoms with Crippen molar-refractivity contribution >= 4 is 0 Å². The highest BCUT2D eigenvalue weighted by molar-refractivity contribution is 5.37. The first kappa shape index (κ1) is 70.8. The molecule has 0 radical (unpaired) electrons. The number of halogens is 18. The van der Waals surface area contributed by atoms with E-state index in [-0.39, 0.29) is 33.4 Å². The van der Waals surface area contributed by atoms with Crippen molar-refractivity contribution in [3.63, 3.8) is 0 Å². The Hall–Kier alpha value is -6.66. The van der Waals surface area contributed by atoms with Crippen molar-refractivity contribution < 1.29 is 107 Å². The first-order valence-electron chi connectivity index (χ1n) is 29.3. The number of ether oxygens (including phenoxy) is 6. The van der Waals surface area contributed by atoms with Crippen LogP contribution < -0.4 is 14.2 Å². The third-order valence-corrected chi connectivity index (χ3v) is 16.0. The summed E-state index contributed by atoms with van der Waals surface area (Å²) in [6.07, 6.45) is -5.18. The molecular formula is C66H66F18O6. The van der Waals surface area contributed by atoms with Crippen molar-refractivity contribution in [3.05, 3.63) is 193 Å². The van der Waals surface area contributed by atoms with Crippen molar-refractivity contribution in [2.24, 2.45) is 17.8 Å². The maximum atomic E-state index is 14.5. The average molecular weight is 1300 g/mol. The van der Waals surface area contributed by atoms with Gasteiger partial charge in [0.2, 0.25) is 0 Å². The van der Waals surface area contributed by atoms with Gasteiger partial charge in [-0.3, -0.25) is 0 Å². The smallest absolute Gasteiger partial charge is 0.429 e. The topological polar surface area (TPSA) is 55.4 Å². The van der Waals surface area contributed by atoms with Crippen LogP contribution in [-0.4, -0.2) is 19.8 Å². The molecule has 0 N–H and O–H groups in total. The molecule has 0 saturated carbocycles. The molecule has 24 heteroatoms. The summed E-state index contributed by atoms with van der Waals surface area (Å²) in [5.41, 5.74) is -5.71. The van der Waals surface area contributed by atoms with Crippen molar-refractivity contribution in [1.82, 2.24) is 0 Å². The Kier molecular flexibility index (Phi) is 23.7. The molecule has 6 aromatic rings. The lowest BCUT2D eigenvalue weighted by molar-refractivity contribution is -0.190. The third-order valence-electron chi connectivity index (χ3n) is 16.0. The minimum Gasteiger partial charge on any atom is -0.429 e. The van der Waals surface area contributed by atoms with Crippen LogP contribution in [0.3, 0.4) is 0 Å². The highest BCUT2D eigenvalue weighted by atomic mass is 19.3. The van der Waals surface area contributed by atoms with Gasteiger partial charge in [0.15, 0.2) is 0 Å². The number of rotatable bonds is 18. The van der Waals surface area contributed by atoms with Crippen LogP contribution in [0.4, 0.5) is 79.0 Å². The monoisotopic (exact) mass is 1300 g/mol. The zero-order valence-electron chi connectivity index (χ0n) is 49.8. The molecular weight excluding hydrogens is 1230 g/mol. The van der Waals surface area contributed by atoms with Gasteiger partial charge in [-0.15, -0.1) is 0 Å². The van der Waals surface area contributed by atoms with Crippen LogP contribution >= 0.6 is 0 Å². The second-order valence-corrected chi connectivity index (χ2v) is 22.6. The maximum absolute atomic E-state index is 14.5. The van der Waals surface area contributed by atoms with Gasteiger partial charge in [0, 0.05) is 53.1 Å². The molecule has 492 valence electrons. The van der Waals surface area contributed by atoms with Crippen molar-refractivity contribution in [2.45, 2.75) is 155 Å². The minimum atomic E-state index is -4.49. The van der Waals surface area contributed by atoms with Gasteiger partial charge in [0.05, 0.1) is 38.1 Å². The molecule has 0 aromatic heterocycles. The second kappa shape index (κ2) is 30.2. The number of benzene rings is 6. The zero-order valence-corrected chi connectivity index (χ0v) is 49.8. The van der Waals surface area contributed by atoms with E-state index in [1.807, 2.05) is 6.92 Å². The summed E-state index contributed by atoms with van der Waals surface area (Å²) in [6, 6.07) is 7.89. The van der Waals surface area contributed by atoms with Crippen LogP contribution in [0, 0.1) is 108 Å². The van der Waals surface area contributed by atoms with E-state index in [1.54, 1.807) is 0 Å². The Balaban J connectivity index is 0.000000192. The molecule has 6 nitrogen and oxygen atoms in total. The SMILES string of the molecule is CCC1CCC(c2cc(F)c(C(F)(F)Oc3cc(F)c(C)c(F)c3)c(F)c2)OC1.CCCC1CCC(c2cc(F)c(C(F)(F)Oc3cc(F)c(C)c(F)c3)c(F)c2)OC1.CCCCC1CCC(c2cc(F)c(C(F)(F)Oc3cc(F)c(C)c(F)c3)c(F)c2)OC1. The predicted molar refractivity (Wildman–Crippen MR) is 295 cm³/mol. The lowest BCUT2D eigenvalue weighted by Crippen LogP contribution is -2.26. The van der Waals surface area contributed by atoms with Gasteiger partial charge in [-0.1, -0.05) is 46.5 Å². The van der Waals surface area contributed by atoms with Crippen LogP contribution in [0.5, 0.6) is 17.2 Å². The lowest BCUT2D eigenvalue weighted by Gasteiger charge is -2.30. The molecule has 0 aliphatic carbocycles. The minimum absolute atomic E-state index is 0.113. The highest BCUT2D eigenvalue weighted by Gasteiger charge is 2.45. The fourth-order valence-electron chi connectivity index (χ4n) is 10.7. The van der Waals surface area contributed by atoms with Crippen LogP contribution in [0.25, 0.3) is 0 Å². The number of hydrogen-bond acceptors (Lipinski definition) is 6. The van der Waals surface area contributed by atoms with E-state index < -0.39 is 140 Å². The maximum Gasteiger partial charge on any atom is 0.432 e. The molecule has 0 bridgehead atoms. The Morgan fingerprint density at radius 2 is 0.600 bits per heavy atom. The molecule has 0 spiro atoms. The van der Waals surface area contributed by atoms with Gasteiger partial charge in [0.1, 0.15) is 104 Å². The van der Waals surface area contributed by atoms with Crippen molar-refractivity contribution in [2.75, 3.05) is 19.8 Å². The van der Waals surface area contributed by atoms with Gasteiger partial charge in [-0.25, -0.2) is 52.7 Å². The molecule has 3 fully saturated rings. The molecule has 0 amide bonds. The summed E-state index contributed by atoms with van der Waals surface area (Å²) in [5, 5.41) is 0. The van der Waals surface area contributed by atoms with E-state index >= 15 is 0 Å². The summed E-state index contributed by atoms with van der Waals surface area (Å²) in [7, 11) is 0. The van der Waals surface area contributed by atoms with Crippen LogP contribution in [-0.2, 0) is 32.5 Å². The largest absolute Gasteiger partial charge is 0.432 e. The molecule has 6 aromatic carbocycles. The summed E-state index contributed by atoms with van der Waals surface area (Å²) in [4.78, 5) is 0. The first-order valence-corrected chi connectivity index (χ1v) is 29.3. The second-order valence-electron chi connectivity index (χ2n) is 22.6. The van der Waals surface area contributed by atoms with E-state index in [1.165, 1.54) is 0 Å². The summed E-state index contributed by atoms with van der Waals surface area (Å²) in [6.45, 7) is 10.8. The van der Waals surface area contributed by atoms with Gasteiger partial charge in [-0.2, -0.15) is 26.3 Å². The van der Waals surface area contributed by atoms with E-state index in [9.17, 15) is 79.0 Å². The lowest BCUT2D eigenvalue weighted by atomic mass is 9.91. The van der Waals surface area contributed by atoms with Crippen LogP contribution in [0.1, 0.15) is 166 Å². The summed E-state index contributed by atoms with van der Waals surface area (Å²) < 4.78 is 285. The molecule has 9 rings (SSSR count). The van der Waals surface area contributed by atoms with Crippen LogP contribution in [0.2, 0.25) is 0 Å². The molecule has 3 aliphatic rings. The van der Waals surface area contributed by atoms with Gasteiger partial charge in [-0.05, 0) is 143 Å². The highest BCUT2D eigenvalue weighted by Crippen LogP contribution is 2.44. The van der Waals surface area contributed by atoms with E-state index in [4.69, 9.17) is 14.2 Å². The van der Waals surface area contributed by atoms with Gasteiger partial charge >= 0.3 is 18.3 Å². The number of unbranched alkanes of at least 4 members (excludes halogenated alkanes) is 1. The van der Waals surface area contributed by atoms with E-state index in [2.05, 4.69) is 28.1 Å². The summed E-state index contributed by atoms with van der Waals surface area (Å²) in [5.74, 6) is -17.4. The Bertz CT molecular complexity index is 3290. The molecule has 90 heavy (non-hydrogen) atoms. The fraction of sp³-hybridized carbons (Fsp3) is 0.455. The predicted octanol–water partition coefficient (Wildman–Crippen LogP) is 20.8. The Morgan fingerprint density at radius 3 is 0.822 bits per heavy atom. The third kappa shape index (κ3) is 17.5. The number of alkyl halides is 6. The van der Waals surface area contributed by atoms with Gasteiger partial charge < -0.3 is 28.4 Å². The van der Waals surface area contributed by atoms with Crippen LogP contribution in [0.15, 0.2) is 72.8 Å². The fourth-order valence-corrected chi connectivity index (χ4v) is 10.7. The van der Waals surface area contributed by atoms with E-state index in [0.29, 0.717) is 93.2 Å². The zero-order chi connectivity index (χ0) is 66.2. The normalized spacial score (nSPS) is 19.7. The standard InChI is InChI=1S/C23H24F6O2.C22H22F6O2.C21H20F6O2/c1-3-4-5-14-6-7-21(30-12-14)15-8-19(26)22(20(27)9-15)23(28,29)31-16-10-17(24)13(2)18(25)11-16;1-3-4-13-5-6-20(29-11-13)14-7-18(25)21(19(26)8-14)22(27,28)30-15-9-16(23)12(2)17(24)10-15;1-3-12-4-5-19(28-10-12)13-6-17(24)20(18(25)7-13)21(26,27)29-14-8-15(22)11(2)16(23)9-14/h8-11,14,21H,3-7,12H2,1-2H3;7-10,13,20H,3-6,11H2,1-2H3;6-9,12,19H,3-5,10H2,1-2H3.